The van der Waals surface area contributed by atoms with Gasteiger partial charge in [-0.15, -0.1) is 0 Å². The molecule has 0 aromatic carbocycles. The second kappa shape index (κ2) is 8.35. The summed E-state index contributed by atoms with van der Waals surface area (Å²) in [5.74, 6) is 1.01. The first-order valence-electron chi connectivity index (χ1n) is 8.76. The van der Waals surface area contributed by atoms with Gasteiger partial charge < -0.3 is 4.90 Å². The Bertz CT molecular complexity index is 871. The summed E-state index contributed by atoms with van der Waals surface area (Å²) in [6, 6.07) is 2.39. The normalized spacial score (nSPS) is 16.7. The molecule has 7 heteroatoms. The minimum atomic E-state index is 0.383. The first kappa shape index (κ1) is 19.1. The number of fused-ring (bicyclic) bond motifs is 1. The molecule has 0 amide bonds. The van der Waals surface area contributed by atoms with E-state index < -0.39 is 0 Å². The van der Waals surface area contributed by atoms with E-state index in [4.69, 9.17) is 11.6 Å². The van der Waals surface area contributed by atoms with E-state index in [0.29, 0.717) is 11.1 Å². The summed E-state index contributed by atoms with van der Waals surface area (Å²) >= 11 is 9.48. The molecule has 0 spiro atoms. The Morgan fingerprint density at radius 3 is 2.69 bits per heavy atom. The third-order valence-corrected chi connectivity index (χ3v) is 5.34. The average molecular weight is 437 g/mol. The van der Waals surface area contributed by atoms with Gasteiger partial charge in [0, 0.05) is 24.7 Å². The zero-order valence-electron chi connectivity index (χ0n) is 15.3. The number of hydrogen-bond acceptors (Lipinski definition) is 4. The molecule has 0 radical (unpaired) electrons. The summed E-state index contributed by atoms with van der Waals surface area (Å²) in [4.78, 5) is 11.3. The van der Waals surface area contributed by atoms with E-state index in [1.54, 1.807) is 6.21 Å². The Kier molecular flexibility index (Phi) is 6.14. The van der Waals surface area contributed by atoms with Crippen molar-refractivity contribution in [2.75, 3.05) is 13.1 Å². The van der Waals surface area contributed by atoms with Gasteiger partial charge in [-0.1, -0.05) is 17.7 Å². The van der Waals surface area contributed by atoms with Crippen molar-refractivity contribution in [3.8, 4) is 0 Å². The van der Waals surface area contributed by atoms with Gasteiger partial charge >= 0.3 is 0 Å². The number of hydrogen-bond donors (Lipinski definition) is 0. The maximum absolute atomic E-state index is 6.06. The molecule has 1 aliphatic heterocycles. The highest BCUT2D eigenvalue weighted by atomic mass is 79.9. The van der Waals surface area contributed by atoms with Gasteiger partial charge in [-0.3, -0.25) is 4.68 Å². The Morgan fingerprint density at radius 1 is 1.31 bits per heavy atom. The largest absolute Gasteiger partial charge is 0.357 e. The lowest BCUT2D eigenvalue weighted by molar-refractivity contribution is 0.219. The fourth-order valence-corrected chi connectivity index (χ4v) is 3.65. The van der Waals surface area contributed by atoms with Crippen molar-refractivity contribution in [2.45, 2.75) is 39.7 Å². The van der Waals surface area contributed by atoms with Crippen molar-refractivity contribution in [2.24, 2.45) is 4.99 Å². The third kappa shape index (κ3) is 4.18. The summed E-state index contributed by atoms with van der Waals surface area (Å²) in [7, 11) is 0. The Balaban J connectivity index is 1.73. The Hall–Kier alpha value is -1.66. The fraction of sp³-hybridized carbons (Fsp3) is 0.421. The van der Waals surface area contributed by atoms with Gasteiger partial charge in [0.05, 0.1) is 29.0 Å². The van der Waals surface area contributed by atoms with Crippen LogP contribution < -0.4 is 0 Å². The lowest BCUT2D eigenvalue weighted by atomic mass is 10.0. The quantitative estimate of drug-likeness (QED) is 0.483. The van der Waals surface area contributed by atoms with Crippen molar-refractivity contribution in [3.05, 3.63) is 45.6 Å². The molecule has 3 heterocycles. The van der Waals surface area contributed by atoms with Crippen LogP contribution in [0.5, 0.6) is 0 Å². The Labute approximate surface area is 167 Å². The van der Waals surface area contributed by atoms with Crippen molar-refractivity contribution in [1.82, 2.24) is 19.7 Å². The molecular weight excluding hydrogens is 414 g/mol. The van der Waals surface area contributed by atoms with E-state index in [2.05, 4.69) is 54.4 Å². The first-order valence-corrected chi connectivity index (χ1v) is 9.93. The van der Waals surface area contributed by atoms with Crippen LogP contribution >= 0.6 is 27.5 Å². The predicted octanol–water partition coefficient (Wildman–Crippen LogP) is 5.30. The van der Waals surface area contributed by atoms with Crippen molar-refractivity contribution >= 4 is 44.6 Å². The SMILES string of the molecule is C/C=C(Cl)\C=N/C(=C(C)C)N1CCC(n2ncc3cc(Br)ncc32)CC1. The molecule has 1 saturated heterocycles. The van der Waals surface area contributed by atoms with Crippen LogP contribution in [0.15, 0.2) is 50.6 Å². The second-order valence-corrected chi connectivity index (χ2v) is 7.88. The molecule has 3 rings (SSSR count). The van der Waals surface area contributed by atoms with Crippen LogP contribution in [0.1, 0.15) is 39.7 Å². The number of piperidine rings is 1. The van der Waals surface area contributed by atoms with Gasteiger partial charge in [0.25, 0.3) is 0 Å². The summed E-state index contributed by atoms with van der Waals surface area (Å²) < 4.78 is 2.96. The third-order valence-electron chi connectivity index (χ3n) is 4.59. The van der Waals surface area contributed by atoms with Crippen LogP contribution in [-0.4, -0.2) is 39.0 Å². The lowest BCUT2D eigenvalue weighted by Gasteiger charge is -2.34. The van der Waals surface area contributed by atoms with E-state index in [1.807, 2.05) is 31.5 Å². The molecule has 0 unspecified atom stereocenters. The highest BCUT2D eigenvalue weighted by molar-refractivity contribution is 9.10. The minimum absolute atomic E-state index is 0.383. The summed E-state index contributed by atoms with van der Waals surface area (Å²) in [5.41, 5.74) is 2.28. The number of pyridine rings is 1. The van der Waals surface area contributed by atoms with Crippen molar-refractivity contribution in [3.63, 3.8) is 0 Å². The number of likely N-dealkylation sites (tertiary alicyclic amines) is 1. The fourth-order valence-electron chi connectivity index (χ4n) is 3.26. The van der Waals surface area contributed by atoms with Crippen LogP contribution in [0.2, 0.25) is 0 Å². The molecule has 0 saturated carbocycles. The summed E-state index contributed by atoms with van der Waals surface area (Å²) in [5, 5.41) is 6.38. The van der Waals surface area contributed by atoms with Crippen LogP contribution in [0.4, 0.5) is 0 Å². The lowest BCUT2D eigenvalue weighted by Crippen LogP contribution is -2.34. The summed E-state index contributed by atoms with van der Waals surface area (Å²) in [6.07, 6.45) is 9.42. The molecule has 0 N–H and O–H groups in total. The van der Waals surface area contributed by atoms with Crippen LogP contribution in [-0.2, 0) is 0 Å². The van der Waals surface area contributed by atoms with E-state index in [1.165, 1.54) is 5.57 Å². The van der Waals surface area contributed by atoms with Gasteiger partial charge in [-0.2, -0.15) is 5.10 Å². The number of rotatable bonds is 4. The molecular formula is C19H23BrClN5. The van der Waals surface area contributed by atoms with Crippen molar-refractivity contribution in [1.29, 1.82) is 0 Å². The highest BCUT2D eigenvalue weighted by Gasteiger charge is 2.24. The van der Waals surface area contributed by atoms with E-state index >= 15 is 0 Å². The van der Waals surface area contributed by atoms with E-state index in [0.717, 1.165) is 47.3 Å². The molecule has 0 aliphatic carbocycles. The van der Waals surface area contributed by atoms with Gasteiger partial charge in [-0.05, 0) is 61.2 Å². The molecule has 5 nitrogen and oxygen atoms in total. The van der Waals surface area contributed by atoms with Gasteiger partial charge in [-0.25, -0.2) is 9.98 Å². The molecule has 1 aliphatic rings. The molecule has 26 heavy (non-hydrogen) atoms. The smallest absolute Gasteiger partial charge is 0.127 e. The van der Waals surface area contributed by atoms with E-state index in [-0.39, 0.29) is 0 Å². The molecule has 0 bridgehead atoms. The second-order valence-electron chi connectivity index (χ2n) is 6.63. The van der Waals surface area contributed by atoms with E-state index in [9.17, 15) is 0 Å². The number of nitrogens with zero attached hydrogens (tertiary/aromatic N) is 5. The number of allylic oxidation sites excluding steroid dienone is 3. The predicted molar refractivity (Wildman–Crippen MR) is 112 cm³/mol. The van der Waals surface area contributed by atoms with Crippen LogP contribution in [0.25, 0.3) is 10.9 Å². The number of halogens is 2. The maximum Gasteiger partial charge on any atom is 0.127 e. The average Bonchev–Trinajstić information content (AvgIpc) is 3.04. The van der Waals surface area contributed by atoms with Crippen molar-refractivity contribution < 1.29 is 0 Å². The standard InChI is InChI=1S/C19H23BrClN5/c1-4-15(21)11-23-19(13(2)3)25-7-5-16(6-8-25)26-17-12-22-18(20)9-14(17)10-24-26/h4,9-12,16H,5-8H2,1-3H3/b15-4+,23-11-. The minimum Gasteiger partial charge on any atom is -0.357 e. The summed E-state index contributed by atoms with van der Waals surface area (Å²) in [6.45, 7) is 7.98. The van der Waals surface area contributed by atoms with Crippen LogP contribution in [0.3, 0.4) is 0 Å². The zero-order valence-corrected chi connectivity index (χ0v) is 17.6. The van der Waals surface area contributed by atoms with Gasteiger partial charge in [0.2, 0.25) is 0 Å². The molecule has 1 fully saturated rings. The zero-order chi connectivity index (χ0) is 18.7. The van der Waals surface area contributed by atoms with Crippen LogP contribution in [0, 0.1) is 0 Å². The molecule has 2 aromatic rings. The molecule has 0 atom stereocenters. The maximum atomic E-state index is 6.06. The number of aromatic nitrogens is 3. The van der Waals surface area contributed by atoms with Gasteiger partial charge in [0.1, 0.15) is 10.4 Å². The Morgan fingerprint density at radius 2 is 2.04 bits per heavy atom. The highest BCUT2D eigenvalue weighted by Crippen LogP contribution is 2.29. The first-order chi connectivity index (χ1) is 12.5. The monoisotopic (exact) mass is 435 g/mol. The topological polar surface area (TPSA) is 46.3 Å². The molecule has 138 valence electrons. The molecule has 2 aromatic heterocycles. The number of aliphatic imine (C=N–C) groups is 1. The van der Waals surface area contributed by atoms with Gasteiger partial charge in [0.15, 0.2) is 0 Å².